The van der Waals surface area contributed by atoms with Crippen molar-refractivity contribution in [1.29, 1.82) is 0 Å². The largest absolute Gasteiger partial charge is 0.497 e. The number of methoxy groups -OCH3 is 1. The summed E-state index contributed by atoms with van der Waals surface area (Å²) in [5.41, 5.74) is 11.1. The lowest BCUT2D eigenvalue weighted by molar-refractivity contribution is 0.100. The van der Waals surface area contributed by atoms with E-state index in [2.05, 4.69) is 51.4 Å². The summed E-state index contributed by atoms with van der Waals surface area (Å²) >= 11 is 0. The van der Waals surface area contributed by atoms with Crippen molar-refractivity contribution in [2.24, 2.45) is 5.73 Å². The van der Waals surface area contributed by atoms with Gasteiger partial charge in [0.15, 0.2) is 0 Å². The van der Waals surface area contributed by atoms with Crippen molar-refractivity contribution < 1.29 is 9.53 Å². The lowest BCUT2D eigenvalue weighted by Gasteiger charge is -2.24. The van der Waals surface area contributed by atoms with E-state index in [0.717, 1.165) is 53.6 Å². The van der Waals surface area contributed by atoms with Crippen molar-refractivity contribution in [3.8, 4) is 0 Å². The van der Waals surface area contributed by atoms with E-state index in [1.807, 2.05) is 19.1 Å². The molecule has 4 nitrogen and oxygen atoms in total. The standard InChI is InChI=1S/C25H36N2O2/c1-8-11-12-13-20(15-14-19(6)29-7)21-16-18(5)23(25(26)28)24(27-10-3)22(21)17(4)9-2/h10,13-17,27H,3,6,8-9,11-12H2,1-2,4-5,7H3,(H2,26,28)/b15-14-,20-13+. The van der Waals surface area contributed by atoms with Gasteiger partial charge in [-0.3, -0.25) is 4.79 Å². The first kappa shape index (κ1) is 24.3. The maximum Gasteiger partial charge on any atom is 0.251 e. The molecule has 3 N–H and O–H groups in total. The molecule has 1 aromatic rings. The van der Waals surface area contributed by atoms with Crippen LogP contribution >= 0.6 is 0 Å². The topological polar surface area (TPSA) is 64.3 Å². The third-order valence-corrected chi connectivity index (χ3v) is 5.11. The van der Waals surface area contributed by atoms with Crippen molar-refractivity contribution in [2.75, 3.05) is 12.4 Å². The summed E-state index contributed by atoms with van der Waals surface area (Å²) in [7, 11) is 1.61. The van der Waals surface area contributed by atoms with Gasteiger partial charge in [0, 0.05) is 0 Å². The molecule has 0 aliphatic heterocycles. The fourth-order valence-corrected chi connectivity index (χ4v) is 3.34. The molecule has 1 rings (SSSR count). The van der Waals surface area contributed by atoms with Crippen LogP contribution in [0.1, 0.15) is 79.4 Å². The van der Waals surface area contributed by atoms with E-state index in [1.54, 1.807) is 13.3 Å². The Bertz CT molecular complexity index is 804. The van der Waals surface area contributed by atoms with Crippen molar-refractivity contribution in [3.05, 3.63) is 71.7 Å². The Kier molecular flexibility index (Phi) is 10.0. The van der Waals surface area contributed by atoms with Gasteiger partial charge in [-0.25, -0.2) is 0 Å². The number of aryl methyl sites for hydroxylation is 1. The van der Waals surface area contributed by atoms with E-state index >= 15 is 0 Å². The van der Waals surface area contributed by atoms with Crippen LogP contribution in [-0.4, -0.2) is 13.0 Å². The minimum Gasteiger partial charge on any atom is -0.497 e. The van der Waals surface area contributed by atoms with Crippen LogP contribution in [0.2, 0.25) is 0 Å². The summed E-state index contributed by atoms with van der Waals surface area (Å²) in [6.45, 7) is 16.1. The van der Waals surface area contributed by atoms with E-state index < -0.39 is 5.91 Å². The van der Waals surface area contributed by atoms with Gasteiger partial charge in [0.25, 0.3) is 5.91 Å². The predicted molar refractivity (Wildman–Crippen MR) is 125 cm³/mol. The molecule has 158 valence electrons. The zero-order valence-corrected chi connectivity index (χ0v) is 18.6. The number of benzene rings is 1. The summed E-state index contributed by atoms with van der Waals surface area (Å²) in [5.74, 6) is 0.369. The fraction of sp³-hybridized carbons (Fsp3) is 0.400. The zero-order chi connectivity index (χ0) is 22.0. The average molecular weight is 397 g/mol. The zero-order valence-electron chi connectivity index (χ0n) is 18.6. The minimum absolute atomic E-state index is 0.222. The molecule has 1 aromatic carbocycles. The number of hydrogen-bond acceptors (Lipinski definition) is 3. The first-order chi connectivity index (χ1) is 13.8. The molecule has 0 aliphatic carbocycles. The highest BCUT2D eigenvalue weighted by molar-refractivity contribution is 6.02. The molecule has 0 aliphatic rings. The Morgan fingerprint density at radius 3 is 2.55 bits per heavy atom. The number of amides is 1. The highest BCUT2D eigenvalue weighted by Gasteiger charge is 2.23. The number of unbranched alkanes of at least 4 members (excludes halogenated alkanes) is 2. The van der Waals surface area contributed by atoms with E-state index in [9.17, 15) is 4.79 Å². The van der Waals surface area contributed by atoms with E-state index in [0.29, 0.717) is 11.3 Å². The smallest absolute Gasteiger partial charge is 0.251 e. The molecule has 0 saturated heterocycles. The van der Waals surface area contributed by atoms with Crippen molar-refractivity contribution >= 4 is 17.2 Å². The Labute approximate surface area is 176 Å². The number of carbonyl (C=O) groups excluding carboxylic acids is 1. The van der Waals surface area contributed by atoms with Crippen LogP contribution in [0.4, 0.5) is 5.69 Å². The van der Waals surface area contributed by atoms with E-state index in [1.165, 1.54) is 0 Å². The van der Waals surface area contributed by atoms with E-state index in [-0.39, 0.29) is 5.92 Å². The molecule has 1 amide bonds. The third kappa shape index (κ3) is 6.38. The Morgan fingerprint density at radius 2 is 2.03 bits per heavy atom. The number of carbonyl (C=O) groups is 1. The summed E-state index contributed by atoms with van der Waals surface area (Å²) in [6.07, 6.45) is 11.9. The second-order valence-electron chi connectivity index (χ2n) is 7.23. The van der Waals surface area contributed by atoms with Crippen LogP contribution in [0.5, 0.6) is 0 Å². The number of ether oxygens (including phenoxy) is 1. The van der Waals surface area contributed by atoms with Crippen molar-refractivity contribution in [1.82, 2.24) is 0 Å². The van der Waals surface area contributed by atoms with Crippen LogP contribution in [-0.2, 0) is 4.74 Å². The number of hydrogen-bond donors (Lipinski definition) is 2. The van der Waals surface area contributed by atoms with Gasteiger partial charge in [-0.05, 0) is 60.2 Å². The Morgan fingerprint density at radius 1 is 1.34 bits per heavy atom. The van der Waals surface area contributed by atoms with Gasteiger partial charge in [-0.2, -0.15) is 0 Å². The SMILES string of the molecule is C=CNc1c(C(N)=O)c(C)cc(C(/C=C\C(=C)OC)=C/CCCC)c1C(C)CC. The monoisotopic (exact) mass is 396 g/mol. The van der Waals surface area contributed by atoms with Gasteiger partial charge in [-0.1, -0.05) is 65.0 Å². The Balaban J connectivity index is 3.84. The number of nitrogens with one attached hydrogen (secondary N) is 1. The molecule has 0 spiro atoms. The lowest BCUT2D eigenvalue weighted by Crippen LogP contribution is -2.18. The van der Waals surface area contributed by atoms with Crippen LogP contribution < -0.4 is 11.1 Å². The number of allylic oxidation sites excluding steroid dienone is 4. The molecule has 1 atom stereocenters. The highest BCUT2D eigenvalue weighted by atomic mass is 16.5. The predicted octanol–water partition coefficient (Wildman–Crippen LogP) is 6.45. The van der Waals surface area contributed by atoms with Crippen molar-refractivity contribution in [2.45, 2.75) is 59.3 Å². The molecule has 0 saturated carbocycles. The number of anilines is 1. The number of rotatable bonds is 12. The molecule has 0 bridgehead atoms. The number of primary amides is 1. The molecular weight excluding hydrogens is 360 g/mol. The number of nitrogens with two attached hydrogens (primary N) is 1. The molecule has 4 heteroatoms. The second kappa shape index (κ2) is 11.9. The van der Waals surface area contributed by atoms with Gasteiger partial charge in [0.05, 0.1) is 18.4 Å². The summed E-state index contributed by atoms with van der Waals surface area (Å²) < 4.78 is 5.20. The average Bonchev–Trinajstić information content (AvgIpc) is 2.69. The van der Waals surface area contributed by atoms with Crippen LogP contribution in [0, 0.1) is 6.92 Å². The molecule has 0 radical (unpaired) electrons. The fourth-order valence-electron chi connectivity index (χ4n) is 3.34. The molecule has 29 heavy (non-hydrogen) atoms. The van der Waals surface area contributed by atoms with Crippen LogP contribution in [0.25, 0.3) is 5.57 Å². The minimum atomic E-state index is -0.442. The third-order valence-electron chi connectivity index (χ3n) is 5.11. The van der Waals surface area contributed by atoms with Gasteiger partial charge in [-0.15, -0.1) is 0 Å². The summed E-state index contributed by atoms with van der Waals surface area (Å²) in [6, 6.07) is 2.06. The van der Waals surface area contributed by atoms with Crippen molar-refractivity contribution in [3.63, 3.8) is 0 Å². The highest BCUT2D eigenvalue weighted by Crippen LogP contribution is 2.39. The molecule has 1 unspecified atom stereocenters. The first-order valence-electron chi connectivity index (χ1n) is 10.3. The van der Waals surface area contributed by atoms with Gasteiger partial charge >= 0.3 is 0 Å². The maximum absolute atomic E-state index is 12.2. The maximum atomic E-state index is 12.2. The Hall–Kier alpha value is -2.75. The quantitative estimate of drug-likeness (QED) is 0.242. The first-order valence-corrected chi connectivity index (χ1v) is 10.3. The van der Waals surface area contributed by atoms with Crippen LogP contribution in [0.15, 0.2) is 49.4 Å². The molecule has 0 fully saturated rings. The lowest BCUT2D eigenvalue weighted by atomic mass is 9.84. The second-order valence-corrected chi connectivity index (χ2v) is 7.23. The molecular formula is C25H36N2O2. The van der Waals surface area contributed by atoms with Gasteiger partial charge in [0.1, 0.15) is 5.76 Å². The molecule has 0 aromatic heterocycles. The summed E-state index contributed by atoms with van der Waals surface area (Å²) in [4.78, 5) is 12.2. The summed E-state index contributed by atoms with van der Waals surface area (Å²) in [5, 5.41) is 3.19. The van der Waals surface area contributed by atoms with Gasteiger partial charge in [0.2, 0.25) is 0 Å². The normalized spacial score (nSPS) is 12.7. The van der Waals surface area contributed by atoms with Gasteiger partial charge < -0.3 is 15.8 Å². The van der Waals surface area contributed by atoms with Crippen LogP contribution in [0.3, 0.4) is 0 Å². The van der Waals surface area contributed by atoms with E-state index in [4.69, 9.17) is 10.5 Å². The molecule has 0 heterocycles.